The Morgan fingerprint density at radius 3 is 2.27 bits per heavy atom. The smallest absolute Gasteiger partial charge is 0.324 e. The molecule has 0 radical (unpaired) electrons. The molecule has 2 rings (SSSR count). The average Bonchev–Trinajstić information content (AvgIpc) is 2.88. The van der Waals surface area contributed by atoms with Crippen molar-refractivity contribution in [3.63, 3.8) is 0 Å². The lowest BCUT2D eigenvalue weighted by molar-refractivity contribution is -0.162. The molecule has 2 aliphatic rings. The predicted molar refractivity (Wildman–Crippen MR) is 52.1 cm³/mol. The van der Waals surface area contributed by atoms with Crippen molar-refractivity contribution < 1.29 is 19.4 Å². The summed E-state index contributed by atoms with van der Waals surface area (Å²) >= 11 is 0. The Morgan fingerprint density at radius 1 is 1.33 bits per heavy atom. The van der Waals surface area contributed by atoms with Crippen LogP contribution in [0.4, 0.5) is 0 Å². The fourth-order valence-electron chi connectivity index (χ4n) is 3.08. The fourth-order valence-corrected chi connectivity index (χ4v) is 3.08. The van der Waals surface area contributed by atoms with Gasteiger partial charge in [-0.2, -0.15) is 0 Å². The molecule has 15 heavy (non-hydrogen) atoms. The molecule has 2 aliphatic carbocycles. The number of aliphatic carboxylic acids is 1. The third-order valence-electron chi connectivity index (χ3n) is 3.79. The molecule has 0 heterocycles. The van der Waals surface area contributed by atoms with Gasteiger partial charge < -0.3 is 9.84 Å². The lowest BCUT2D eigenvalue weighted by atomic mass is 10.0. The first kappa shape index (κ1) is 10.5. The topological polar surface area (TPSA) is 63.6 Å². The first-order valence-corrected chi connectivity index (χ1v) is 5.56. The molecule has 0 amide bonds. The maximum absolute atomic E-state index is 11.7. The van der Waals surface area contributed by atoms with Crippen LogP contribution in [0.15, 0.2) is 0 Å². The van der Waals surface area contributed by atoms with Gasteiger partial charge in [-0.25, -0.2) is 0 Å². The van der Waals surface area contributed by atoms with Crippen LogP contribution < -0.4 is 0 Å². The van der Waals surface area contributed by atoms with Crippen molar-refractivity contribution in [1.82, 2.24) is 0 Å². The van der Waals surface area contributed by atoms with Crippen LogP contribution in [0.25, 0.3) is 0 Å². The number of fused-ring (bicyclic) bond motifs is 1. The highest BCUT2D eigenvalue weighted by atomic mass is 16.5. The molecule has 0 saturated heterocycles. The van der Waals surface area contributed by atoms with Crippen LogP contribution in [-0.4, -0.2) is 23.7 Å². The molecule has 0 aromatic rings. The van der Waals surface area contributed by atoms with Gasteiger partial charge >= 0.3 is 11.9 Å². The first-order chi connectivity index (χ1) is 7.15. The largest absolute Gasteiger partial charge is 0.480 e. The van der Waals surface area contributed by atoms with Gasteiger partial charge in [0.2, 0.25) is 0 Å². The SMILES string of the molecule is CCOC(=O)C1(C(=O)O)[C@H]2CCCC[C@@H]21. The van der Waals surface area contributed by atoms with Crippen molar-refractivity contribution in [3.8, 4) is 0 Å². The summed E-state index contributed by atoms with van der Waals surface area (Å²) in [6, 6.07) is 0. The third-order valence-corrected chi connectivity index (χ3v) is 3.79. The van der Waals surface area contributed by atoms with Crippen LogP contribution >= 0.6 is 0 Å². The third kappa shape index (κ3) is 1.27. The summed E-state index contributed by atoms with van der Waals surface area (Å²) in [7, 11) is 0. The standard InChI is InChI=1S/C11H16O4/c1-2-15-10(14)11(9(12)13)7-5-3-4-6-8(7)11/h7-8H,2-6H2,1H3,(H,12,13)/t7-,8-/m0/s1. The number of hydrogen-bond acceptors (Lipinski definition) is 3. The monoisotopic (exact) mass is 212 g/mol. The molecule has 0 aromatic carbocycles. The van der Waals surface area contributed by atoms with E-state index in [1.807, 2.05) is 0 Å². The molecule has 4 heteroatoms. The van der Waals surface area contributed by atoms with E-state index in [9.17, 15) is 14.7 Å². The Hall–Kier alpha value is -1.06. The maximum Gasteiger partial charge on any atom is 0.324 e. The molecule has 2 fully saturated rings. The van der Waals surface area contributed by atoms with E-state index in [0.29, 0.717) is 0 Å². The van der Waals surface area contributed by atoms with E-state index >= 15 is 0 Å². The van der Waals surface area contributed by atoms with Crippen molar-refractivity contribution in [2.45, 2.75) is 32.6 Å². The number of ether oxygens (including phenoxy) is 1. The van der Waals surface area contributed by atoms with Gasteiger partial charge in [-0.1, -0.05) is 12.8 Å². The zero-order valence-corrected chi connectivity index (χ0v) is 8.86. The highest BCUT2D eigenvalue weighted by Gasteiger charge is 2.75. The Morgan fingerprint density at radius 2 is 1.87 bits per heavy atom. The normalized spacial score (nSPS) is 37.9. The van der Waals surface area contributed by atoms with Gasteiger partial charge in [0.05, 0.1) is 6.61 Å². The molecule has 0 spiro atoms. The minimum Gasteiger partial charge on any atom is -0.480 e. The molecule has 2 saturated carbocycles. The van der Waals surface area contributed by atoms with Crippen LogP contribution in [0.2, 0.25) is 0 Å². The Bertz CT molecular complexity index is 285. The maximum atomic E-state index is 11.7. The molecule has 2 atom stereocenters. The first-order valence-electron chi connectivity index (χ1n) is 5.56. The van der Waals surface area contributed by atoms with Gasteiger partial charge in [0, 0.05) is 0 Å². The van der Waals surface area contributed by atoms with Crippen molar-refractivity contribution in [3.05, 3.63) is 0 Å². The van der Waals surface area contributed by atoms with Gasteiger partial charge in [0.15, 0.2) is 5.41 Å². The van der Waals surface area contributed by atoms with E-state index < -0.39 is 17.4 Å². The van der Waals surface area contributed by atoms with Crippen LogP contribution in [0, 0.1) is 17.3 Å². The molecule has 84 valence electrons. The second kappa shape index (κ2) is 3.51. The molecule has 4 nitrogen and oxygen atoms in total. The van der Waals surface area contributed by atoms with Crippen LogP contribution in [-0.2, 0) is 14.3 Å². The summed E-state index contributed by atoms with van der Waals surface area (Å²) in [6.07, 6.45) is 3.79. The fraction of sp³-hybridized carbons (Fsp3) is 0.818. The summed E-state index contributed by atoms with van der Waals surface area (Å²) in [5, 5.41) is 9.23. The molecule has 0 aromatic heterocycles. The number of carboxylic acids is 1. The zero-order valence-electron chi connectivity index (χ0n) is 8.86. The van der Waals surface area contributed by atoms with Gasteiger partial charge in [-0.3, -0.25) is 9.59 Å². The number of esters is 1. The molecule has 0 bridgehead atoms. The second-order valence-corrected chi connectivity index (χ2v) is 4.39. The van der Waals surface area contributed by atoms with Gasteiger partial charge in [0.25, 0.3) is 0 Å². The van der Waals surface area contributed by atoms with Crippen molar-refractivity contribution in [2.75, 3.05) is 6.61 Å². The van der Waals surface area contributed by atoms with E-state index in [4.69, 9.17) is 4.74 Å². The van der Waals surface area contributed by atoms with Crippen molar-refractivity contribution in [1.29, 1.82) is 0 Å². The summed E-state index contributed by atoms with van der Waals surface area (Å²) in [5.41, 5.74) is -1.19. The zero-order chi connectivity index (χ0) is 11.1. The van der Waals surface area contributed by atoms with E-state index in [0.717, 1.165) is 25.7 Å². The van der Waals surface area contributed by atoms with Crippen LogP contribution in [0.1, 0.15) is 32.6 Å². The average molecular weight is 212 g/mol. The van der Waals surface area contributed by atoms with E-state index in [2.05, 4.69) is 0 Å². The Balaban J connectivity index is 2.20. The Labute approximate surface area is 88.6 Å². The van der Waals surface area contributed by atoms with Crippen molar-refractivity contribution in [2.24, 2.45) is 17.3 Å². The number of hydrogen-bond donors (Lipinski definition) is 1. The van der Waals surface area contributed by atoms with Gasteiger partial charge in [0.1, 0.15) is 0 Å². The molecule has 0 unspecified atom stereocenters. The number of carbonyl (C=O) groups is 2. The number of carbonyl (C=O) groups excluding carboxylic acids is 1. The number of carboxylic acid groups (broad SMARTS) is 1. The summed E-state index contributed by atoms with van der Waals surface area (Å²) in [6.45, 7) is 1.97. The lowest BCUT2D eigenvalue weighted by Crippen LogP contribution is -2.31. The summed E-state index contributed by atoms with van der Waals surface area (Å²) in [5.74, 6) is -1.45. The van der Waals surface area contributed by atoms with Crippen LogP contribution in [0.3, 0.4) is 0 Å². The molecule has 1 N–H and O–H groups in total. The molecular weight excluding hydrogens is 196 g/mol. The quantitative estimate of drug-likeness (QED) is 0.568. The van der Waals surface area contributed by atoms with Gasteiger partial charge in [-0.15, -0.1) is 0 Å². The molecule has 0 aliphatic heterocycles. The highest BCUT2D eigenvalue weighted by molar-refractivity contribution is 6.03. The number of rotatable bonds is 3. The van der Waals surface area contributed by atoms with E-state index in [1.165, 1.54) is 0 Å². The second-order valence-electron chi connectivity index (χ2n) is 4.39. The van der Waals surface area contributed by atoms with E-state index in [1.54, 1.807) is 6.92 Å². The van der Waals surface area contributed by atoms with E-state index in [-0.39, 0.29) is 18.4 Å². The summed E-state index contributed by atoms with van der Waals surface area (Å²) in [4.78, 5) is 23.0. The van der Waals surface area contributed by atoms with Gasteiger partial charge in [-0.05, 0) is 31.6 Å². The predicted octanol–water partition coefficient (Wildman–Crippen LogP) is 1.44. The Kier molecular flexibility index (Phi) is 2.44. The van der Waals surface area contributed by atoms with Crippen LogP contribution in [0.5, 0.6) is 0 Å². The lowest BCUT2D eigenvalue weighted by Gasteiger charge is -2.10. The minimum absolute atomic E-state index is 0.0304. The highest BCUT2D eigenvalue weighted by Crippen LogP contribution is 2.66. The minimum atomic E-state index is -1.19. The summed E-state index contributed by atoms with van der Waals surface area (Å²) < 4.78 is 4.90. The molecular formula is C11H16O4. The van der Waals surface area contributed by atoms with Crippen molar-refractivity contribution >= 4 is 11.9 Å².